The van der Waals surface area contributed by atoms with Crippen LogP contribution in [0.25, 0.3) is 0 Å². The van der Waals surface area contributed by atoms with Gasteiger partial charge in [0.2, 0.25) is 0 Å². The van der Waals surface area contributed by atoms with Gasteiger partial charge in [-0.05, 0) is 25.9 Å². The zero-order valence-corrected chi connectivity index (χ0v) is 7.72. The van der Waals surface area contributed by atoms with E-state index in [0.717, 1.165) is 0 Å². The summed E-state index contributed by atoms with van der Waals surface area (Å²) in [6, 6.07) is 0. The third-order valence-corrected chi connectivity index (χ3v) is 0.950. The molecule has 0 aliphatic carbocycles. The Morgan fingerprint density at radius 1 is 1.27 bits per heavy atom. The van der Waals surface area contributed by atoms with Crippen molar-refractivity contribution in [1.82, 2.24) is 5.32 Å². The number of methoxy groups -OCH3 is 1. The molecule has 0 heterocycles. The molecule has 0 radical (unpaired) electrons. The normalized spacial score (nSPS) is 7.91. The van der Waals surface area contributed by atoms with Crippen molar-refractivity contribution < 1.29 is 9.53 Å². The maximum absolute atomic E-state index is 8.95. The van der Waals surface area contributed by atoms with Gasteiger partial charge in [0.25, 0.3) is 6.47 Å². The zero-order valence-electron chi connectivity index (χ0n) is 7.72. The van der Waals surface area contributed by atoms with Crippen LogP contribution in [0.2, 0.25) is 0 Å². The van der Waals surface area contributed by atoms with E-state index >= 15 is 0 Å². The van der Waals surface area contributed by atoms with Gasteiger partial charge in [-0.15, -0.1) is 0 Å². The molecule has 3 heteroatoms. The summed E-state index contributed by atoms with van der Waals surface area (Å²) in [7, 11) is 1.31. The summed E-state index contributed by atoms with van der Waals surface area (Å²) >= 11 is 0. The van der Waals surface area contributed by atoms with Crippen LogP contribution in [0, 0.1) is 0 Å². The molecule has 0 aromatic rings. The molecule has 1 N–H and O–H groups in total. The molecule has 0 saturated carbocycles. The predicted octanol–water partition coefficient (Wildman–Crippen LogP) is 1.19. The van der Waals surface area contributed by atoms with Crippen LogP contribution in [0.1, 0.15) is 26.7 Å². The number of rotatable bonds is 5. The first kappa shape index (κ1) is 13.1. The fraction of sp³-hybridized carbons (Fsp3) is 0.875. The highest BCUT2D eigenvalue weighted by atomic mass is 16.5. The van der Waals surface area contributed by atoms with E-state index in [1.807, 2.05) is 0 Å². The number of hydrogen-bond acceptors (Lipinski definition) is 3. The molecule has 0 aliphatic rings. The smallest absolute Gasteiger partial charge is 0.292 e. The van der Waals surface area contributed by atoms with Gasteiger partial charge >= 0.3 is 0 Å². The van der Waals surface area contributed by atoms with Crippen molar-refractivity contribution in [2.45, 2.75) is 26.7 Å². The summed E-state index contributed by atoms with van der Waals surface area (Å²) < 4.78 is 3.86. The average molecular weight is 161 g/mol. The van der Waals surface area contributed by atoms with Crippen LogP contribution in [0.4, 0.5) is 0 Å². The van der Waals surface area contributed by atoms with Crippen LogP contribution in [0.5, 0.6) is 0 Å². The number of hydrogen-bond donors (Lipinski definition) is 1. The molecule has 0 rings (SSSR count). The van der Waals surface area contributed by atoms with Gasteiger partial charge in [-0.25, -0.2) is 0 Å². The number of carbonyl (C=O) groups excluding carboxylic acids is 1. The molecule has 0 bridgehead atoms. The molecular formula is C8H19NO2. The molecule has 0 fully saturated rings. The lowest BCUT2D eigenvalue weighted by molar-refractivity contribution is -0.126. The highest BCUT2D eigenvalue weighted by Gasteiger charge is 1.76. The van der Waals surface area contributed by atoms with Crippen molar-refractivity contribution in [2.24, 2.45) is 0 Å². The summed E-state index contributed by atoms with van der Waals surface area (Å²) in [5.74, 6) is 0. The lowest BCUT2D eigenvalue weighted by atomic mass is 10.4. The minimum atomic E-state index is 0.375. The first-order chi connectivity index (χ1) is 5.33. The molecule has 0 atom stereocenters. The summed E-state index contributed by atoms with van der Waals surface area (Å²) in [6.07, 6.45) is 2.50. The summed E-state index contributed by atoms with van der Waals surface area (Å²) in [5.41, 5.74) is 0. The van der Waals surface area contributed by atoms with Crippen LogP contribution in [0.15, 0.2) is 0 Å². The second kappa shape index (κ2) is 16.2. The lowest BCUT2D eigenvalue weighted by Crippen LogP contribution is -2.14. The minimum Gasteiger partial charge on any atom is -0.471 e. The van der Waals surface area contributed by atoms with Gasteiger partial charge in [0, 0.05) is 0 Å². The van der Waals surface area contributed by atoms with E-state index in [1.54, 1.807) is 0 Å². The molecule has 0 aliphatic heterocycles. The lowest BCUT2D eigenvalue weighted by Gasteiger charge is -1.95. The van der Waals surface area contributed by atoms with Gasteiger partial charge in [0.15, 0.2) is 0 Å². The topological polar surface area (TPSA) is 38.3 Å². The van der Waals surface area contributed by atoms with Crippen LogP contribution in [-0.4, -0.2) is 26.7 Å². The largest absolute Gasteiger partial charge is 0.471 e. The molecule has 0 unspecified atom stereocenters. The number of nitrogens with one attached hydrogen (secondary N) is 1. The van der Waals surface area contributed by atoms with E-state index in [1.165, 1.54) is 33.0 Å². The third-order valence-electron chi connectivity index (χ3n) is 0.950. The Bertz CT molecular complexity index is 63.1. The first-order valence-corrected chi connectivity index (χ1v) is 4.00. The minimum absolute atomic E-state index is 0.375. The van der Waals surface area contributed by atoms with Gasteiger partial charge in [-0.2, -0.15) is 0 Å². The Hall–Kier alpha value is -0.570. The molecule has 0 amide bonds. The molecule has 11 heavy (non-hydrogen) atoms. The molecule has 3 nitrogen and oxygen atoms in total. The molecule has 0 aromatic heterocycles. The highest BCUT2D eigenvalue weighted by molar-refractivity contribution is 5.36. The Morgan fingerprint density at radius 2 is 1.64 bits per heavy atom. The fourth-order valence-electron chi connectivity index (χ4n) is 0.479. The maximum atomic E-state index is 8.95. The van der Waals surface area contributed by atoms with Gasteiger partial charge in [0.1, 0.15) is 0 Å². The Kier molecular flexibility index (Phi) is 19.2. The molecule has 0 aromatic carbocycles. The highest BCUT2D eigenvalue weighted by Crippen LogP contribution is 1.71. The third kappa shape index (κ3) is 26.5. The maximum Gasteiger partial charge on any atom is 0.292 e. The van der Waals surface area contributed by atoms with E-state index in [4.69, 9.17) is 4.79 Å². The summed E-state index contributed by atoms with van der Waals surface area (Å²) in [6.45, 7) is 7.09. The van der Waals surface area contributed by atoms with Crippen LogP contribution in [0.3, 0.4) is 0 Å². The van der Waals surface area contributed by atoms with Crippen LogP contribution < -0.4 is 5.32 Å². The van der Waals surface area contributed by atoms with Crippen molar-refractivity contribution in [3.8, 4) is 0 Å². The summed E-state index contributed by atoms with van der Waals surface area (Å²) in [4.78, 5) is 8.95. The second-order valence-corrected chi connectivity index (χ2v) is 2.08. The monoisotopic (exact) mass is 161 g/mol. The SMILES string of the molecule is CCCNCCC.COC=O. The zero-order chi connectivity index (χ0) is 8.95. The molecule has 68 valence electrons. The molecule has 0 saturated heterocycles. The van der Waals surface area contributed by atoms with Gasteiger partial charge in [-0.3, -0.25) is 4.79 Å². The van der Waals surface area contributed by atoms with Crippen molar-refractivity contribution in [2.75, 3.05) is 20.2 Å². The van der Waals surface area contributed by atoms with Crippen molar-refractivity contribution in [1.29, 1.82) is 0 Å². The number of carbonyl (C=O) groups is 1. The van der Waals surface area contributed by atoms with Crippen LogP contribution in [-0.2, 0) is 9.53 Å². The van der Waals surface area contributed by atoms with Gasteiger partial charge < -0.3 is 10.1 Å². The molecular weight excluding hydrogens is 142 g/mol. The van der Waals surface area contributed by atoms with Gasteiger partial charge in [-0.1, -0.05) is 13.8 Å². The van der Waals surface area contributed by atoms with Crippen molar-refractivity contribution in [3.63, 3.8) is 0 Å². The molecule has 0 spiro atoms. The summed E-state index contributed by atoms with van der Waals surface area (Å²) in [5, 5.41) is 3.28. The van der Waals surface area contributed by atoms with E-state index in [0.29, 0.717) is 6.47 Å². The van der Waals surface area contributed by atoms with E-state index in [-0.39, 0.29) is 0 Å². The average Bonchev–Trinajstić information content (AvgIpc) is 2.06. The Balaban J connectivity index is 0. The van der Waals surface area contributed by atoms with Crippen molar-refractivity contribution >= 4 is 6.47 Å². The Morgan fingerprint density at radius 3 is 1.82 bits per heavy atom. The second-order valence-electron chi connectivity index (χ2n) is 2.08. The van der Waals surface area contributed by atoms with E-state index < -0.39 is 0 Å². The first-order valence-electron chi connectivity index (χ1n) is 4.00. The van der Waals surface area contributed by atoms with E-state index in [2.05, 4.69) is 23.9 Å². The fourth-order valence-corrected chi connectivity index (χ4v) is 0.479. The van der Waals surface area contributed by atoms with Crippen molar-refractivity contribution in [3.05, 3.63) is 0 Å². The predicted molar refractivity (Wildman–Crippen MR) is 46.5 cm³/mol. The standard InChI is InChI=1S/C6H15N.C2H4O2/c1-3-5-7-6-4-2;1-4-2-3/h7H,3-6H2,1-2H3;2H,1H3. The quantitative estimate of drug-likeness (QED) is 0.486. The Labute approximate surface area is 69.1 Å². The van der Waals surface area contributed by atoms with Gasteiger partial charge in [0.05, 0.1) is 7.11 Å². The number of ether oxygens (including phenoxy) is 1. The van der Waals surface area contributed by atoms with E-state index in [9.17, 15) is 0 Å². The van der Waals surface area contributed by atoms with Crippen LogP contribution >= 0.6 is 0 Å².